The largest absolute Gasteiger partial charge is 0.494 e. The fraction of sp³-hybridized carbons (Fsp3) is 0.200. The summed E-state index contributed by atoms with van der Waals surface area (Å²) in [5, 5.41) is 25.9. The third kappa shape index (κ3) is 6.66. The smallest absolute Gasteiger partial charge is 0.307 e. The number of amides is 1. The number of thiazole rings is 1. The second kappa shape index (κ2) is 10.4. The molecule has 0 unspecified atom stereocenters. The first-order chi connectivity index (χ1) is 14.9. The molecular weight excluding hydrogens is 424 g/mol. The summed E-state index contributed by atoms with van der Waals surface area (Å²) in [5.74, 6) is 0.231. The maximum atomic E-state index is 11.9. The van der Waals surface area contributed by atoms with Crippen LogP contribution in [0.15, 0.2) is 53.3 Å². The number of benzene rings is 2. The van der Waals surface area contributed by atoms with Crippen LogP contribution in [0.25, 0.3) is 0 Å². The number of aromatic hydroxyl groups is 1. The van der Waals surface area contributed by atoms with E-state index in [0.29, 0.717) is 35.9 Å². The van der Waals surface area contributed by atoms with Gasteiger partial charge in [-0.2, -0.15) is 0 Å². The van der Waals surface area contributed by atoms with Crippen molar-refractivity contribution >= 4 is 28.6 Å². The van der Waals surface area contributed by atoms with Crippen LogP contribution in [-0.4, -0.2) is 40.6 Å². The molecule has 162 valence electrons. The number of nitro groups is 1. The van der Waals surface area contributed by atoms with E-state index >= 15 is 0 Å². The van der Waals surface area contributed by atoms with Gasteiger partial charge in [0.1, 0.15) is 12.4 Å². The Balaban J connectivity index is 1.36. The topological polar surface area (TPSA) is 147 Å². The Kier molecular flexibility index (Phi) is 7.35. The van der Waals surface area contributed by atoms with Crippen molar-refractivity contribution in [2.75, 3.05) is 25.0 Å². The van der Waals surface area contributed by atoms with Gasteiger partial charge in [-0.3, -0.25) is 24.7 Å². The number of nitro benzene ring substituents is 1. The Bertz CT molecular complexity index is 1110. The lowest BCUT2D eigenvalue weighted by Crippen LogP contribution is -2.31. The molecule has 1 heterocycles. The molecule has 3 rings (SSSR count). The van der Waals surface area contributed by atoms with E-state index in [9.17, 15) is 24.8 Å². The number of aromatic amines is 1. The molecule has 0 fully saturated rings. The fourth-order valence-electron chi connectivity index (χ4n) is 2.71. The molecule has 2 aromatic carbocycles. The maximum Gasteiger partial charge on any atom is 0.307 e. The lowest BCUT2D eigenvalue weighted by atomic mass is 10.1. The van der Waals surface area contributed by atoms with Gasteiger partial charge in [-0.1, -0.05) is 29.5 Å². The van der Waals surface area contributed by atoms with E-state index in [-0.39, 0.29) is 28.9 Å². The second-order valence-electron chi connectivity index (χ2n) is 6.49. The Labute approximate surface area is 180 Å². The summed E-state index contributed by atoms with van der Waals surface area (Å²) < 4.78 is 5.61. The number of carbonyl (C=O) groups excluding carboxylic acids is 1. The summed E-state index contributed by atoms with van der Waals surface area (Å²) in [6.45, 7) is 0.799. The number of non-ortho nitro benzene ring substituents is 1. The van der Waals surface area contributed by atoms with Crippen LogP contribution >= 0.6 is 11.3 Å². The molecule has 0 spiro atoms. The molecule has 0 atom stereocenters. The standard InChI is InChI=1S/C20H20N4O6S/c25-18(22-14-2-1-3-15(11-14)24(28)29)12-21-8-9-30-16-6-4-13(5-7-16)10-17-19(26)23-20(27)31-17/h1-7,11,21,26H,8-10,12H2,(H,22,25)(H,23,27). The van der Waals surface area contributed by atoms with Crippen LogP contribution in [0.2, 0.25) is 0 Å². The molecule has 3 aromatic rings. The van der Waals surface area contributed by atoms with Crippen LogP contribution in [0, 0.1) is 10.1 Å². The molecule has 0 saturated carbocycles. The highest BCUT2D eigenvalue weighted by molar-refractivity contribution is 7.09. The minimum atomic E-state index is -0.523. The van der Waals surface area contributed by atoms with Gasteiger partial charge in [-0.25, -0.2) is 0 Å². The molecule has 31 heavy (non-hydrogen) atoms. The molecule has 0 saturated heterocycles. The van der Waals surface area contributed by atoms with Crippen LogP contribution in [0.3, 0.4) is 0 Å². The Hall–Kier alpha value is -3.70. The molecule has 1 amide bonds. The highest BCUT2D eigenvalue weighted by atomic mass is 32.1. The zero-order chi connectivity index (χ0) is 22.2. The lowest BCUT2D eigenvalue weighted by Gasteiger charge is -2.09. The molecule has 1 aromatic heterocycles. The lowest BCUT2D eigenvalue weighted by molar-refractivity contribution is -0.384. The predicted molar refractivity (Wildman–Crippen MR) is 116 cm³/mol. The fourth-order valence-corrected chi connectivity index (χ4v) is 3.46. The molecule has 0 aliphatic rings. The third-order valence-electron chi connectivity index (χ3n) is 4.16. The highest BCUT2D eigenvalue weighted by Crippen LogP contribution is 2.21. The number of aromatic nitrogens is 1. The quantitative estimate of drug-likeness (QED) is 0.213. The van der Waals surface area contributed by atoms with E-state index in [4.69, 9.17) is 4.74 Å². The van der Waals surface area contributed by atoms with Gasteiger partial charge < -0.3 is 20.5 Å². The Morgan fingerprint density at radius 3 is 2.68 bits per heavy atom. The first kappa shape index (κ1) is 22.0. The first-order valence-corrected chi connectivity index (χ1v) is 10.1. The van der Waals surface area contributed by atoms with Gasteiger partial charge in [-0.05, 0) is 23.8 Å². The molecular formula is C20H20N4O6S. The van der Waals surface area contributed by atoms with Gasteiger partial charge in [-0.15, -0.1) is 0 Å². The number of H-pyrrole nitrogens is 1. The maximum absolute atomic E-state index is 11.9. The second-order valence-corrected chi connectivity index (χ2v) is 7.56. The van der Waals surface area contributed by atoms with E-state index in [1.807, 2.05) is 12.1 Å². The van der Waals surface area contributed by atoms with Crippen molar-refractivity contribution in [3.8, 4) is 11.6 Å². The molecule has 10 nitrogen and oxygen atoms in total. The minimum Gasteiger partial charge on any atom is -0.494 e. The Morgan fingerprint density at radius 2 is 2.00 bits per heavy atom. The number of hydrogen-bond acceptors (Lipinski definition) is 8. The van der Waals surface area contributed by atoms with Crippen molar-refractivity contribution in [3.05, 3.63) is 78.8 Å². The van der Waals surface area contributed by atoms with Gasteiger partial charge in [0.2, 0.25) is 11.8 Å². The SMILES string of the molecule is O=C(CNCCOc1ccc(Cc2sc(=O)[nH]c2O)cc1)Nc1cccc([N+](=O)[O-])c1. The van der Waals surface area contributed by atoms with E-state index < -0.39 is 4.92 Å². The summed E-state index contributed by atoms with van der Waals surface area (Å²) >= 11 is 0.974. The van der Waals surface area contributed by atoms with Gasteiger partial charge in [0.05, 0.1) is 16.3 Å². The number of carbonyl (C=O) groups is 1. The van der Waals surface area contributed by atoms with E-state index in [1.165, 1.54) is 18.2 Å². The predicted octanol–water partition coefficient (Wildman–Crippen LogP) is 2.25. The minimum absolute atomic E-state index is 0.0357. The molecule has 4 N–H and O–H groups in total. The summed E-state index contributed by atoms with van der Waals surface area (Å²) in [6.07, 6.45) is 0.441. The van der Waals surface area contributed by atoms with Crippen LogP contribution < -0.4 is 20.2 Å². The summed E-state index contributed by atoms with van der Waals surface area (Å²) in [5.41, 5.74) is 1.19. The number of hydrogen-bond donors (Lipinski definition) is 4. The zero-order valence-corrected chi connectivity index (χ0v) is 17.1. The molecule has 0 bridgehead atoms. The van der Waals surface area contributed by atoms with Crippen LogP contribution in [0.1, 0.15) is 10.4 Å². The number of ether oxygens (including phenoxy) is 1. The van der Waals surface area contributed by atoms with Crippen molar-refractivity contribution in [1.29, 1.82) is 0 Å². The molecule has 0 aliphatic heterocycles. The normalized spacial score (nSPS) is 10.6. The molecule has 11 heteroatoms. The molecule has 0 radical (unpaired) electrons. The number of nitrogens with one attached hydrogen (secondary N) is 3. The van der Waals surface area contributed by atoms with Gasteiger partial charge >= 0.3 is 4.87 Å². The average Bonchev–Trinajstić information content (AvgIpc) is 3.05. The van der Waals surface area contributed by atoms with Crippen molar-refractivity contribution in [1.82, 2.24) is 10.3 Å². The van der Waals surface area contributed by atoms with Crippen LogP contribution in [0.5, 0.6) is 11.6 Å². The number of rotatable bonds is 10. The van der Waals surface area contributed by atoms with E-state index in [1.54, 1.807) is 18.2 Å². The number of nitrogens with zero attached hydrogens (tertiary/aromatic N) is 1. The van der Waals surface area contributed by atoms with E-state index in [2.05, 4.69) is 15.6 Å². The average molecular weight is 444 g/mol. The van der Waals surface area contributed by atoms with Crippen molar-refractivity contribution < 1.29 is 19.6 Å². The Morgan fingerprint density at radius 1 is 1.23 bits per heavy atom. The summed E-state index contributed by atoms with van der Waals surface area (Å²) in [6, 6.07) is 13.0. The van der Waals surface area contributed by atoms with Gasteiger partial charge in [0.25, 0.3) is 5.69 Å². The third-order valence-corrected chi connectivity index (χ3v) is 5.03. The van der Waals surface area contributed by atoms with Crippen molar-refractivity contribution in [2.24, 2.45) is 0 Å². The zero-order valence-electron chi connectivity index (χ0n) is 16.3. The van der Waals surface area contributed by atoms with Gasteiger partial charge in [0.15, 0.2) is 0 Å². The molecule has 0 aliphatic carbocycles. The van der Waals surface area contributed by atoms with E-state index in [0.717, 1.165) is 16.9 Å². The number of anilines is 1. The van der Waals surface area contributed by atoms with Crippen LogP contribution in [-0.2, 0) is 11.2 Å². The first-order valence-electron chi connectivity index (χ1n) is 9.28. The summed E-state index contributed by atoms with van der Waals surface area (Å²) in [4.78, 5) is 36.0. The van der Waals surface area contributed by atoms with Crippen LogP contribution in [0.4, 0.5) is 11.4 Å². The van der Waals surface area contributed by atoms with Gasteiger partial charge in [0, 0.05) is 30.8 Å². The summed E-state index contributed by atoms with van der Waals surface area (Å²) in [7, 11) is 0. The monoisotopic (exact) mass is 444 g/mol. The highest BCUT2D eigenvalue weighted by Gasteiger charge is 2.09. The van der Waals surface area contributed by atoms with Crippen molar-refractivity contribution in [2.45, 2.75) is 6.42 Å². The van der Waals surface area contributed by atoms with Crippen molar-refractivity contribution in [3.63, 3.8) is 0 Å².